The molecule has 37 heavy (non-hydrogen) atoms. The predicted octanol–water partition coefficient (Wildman–Crippen LogP) is 5.26. The summed E-state index contributed by atoms with van der Waals surface area (Å²) in [5.74, 6) is 0.283. The van der Waals surface area contributed by atoms with Crippen molar-refractivity contribution in [3.8, 4) is 11.1 Å². The number of rotatable bonds is 6. The first-order valence-corrected chi connectivity index (χ1v) is 13.4. The number of fused-ring (bicyclic) bond motifs is 2. The van der Waals surface area contributed by atoms with Crippen molar-refractivity contribution in [3.63, 3.8) is 0 Å². The zero-order valence-corrected chi connectivity index (χ0v) is 22.0. The van der Waals surface area contributed by atoms with E-state index in [1.165, 1.54) is 23.0 Å². The number of carbonyl (C=O) groups excluding carboxylic acids is 2. The Kier molecular flexibility index (Phi) is 6.77. The first kappa shape index (κ1) is 25.0. The number of nitrogens with one attached hydrogen (secondary N) is 2. The molecule has 0 aliphatic heterocycles. The molecule has 0 spiro atoms. The molecule has 7 nitrogen and oxygen atoms in total. The molecule has 1 aliphatic carbocycles. The average Bonchev–Trinajstić information content (AvgIpc) is 3.30. The molecule has 3 aromatic heterocycles. The van der Waals surface area contributed by atoms with Crippen LogP contribution in [0.1, 0.15) is 66.3 Å². The van der Waals surface area contributed by atoms with Gasteiger partial charge in [-0.1, -0.05) is 56.4 Å². The van der Waals surface area contributed by atoms with Gasteiger partial charge in [0.05, 0.1) is 6.04 Å². The van der Waals surface area contributed by atoms with Crippen molar-refractivity contribution in [1.82, 2.24) is 20.3 Å². The van der Waals surface area contributed by atoms with E-state index in [4.69, 9.17) is 4.98 Å². The van der Waals surface area contributed by atoms with Crippen LogP contribution in [0, 0.1) is 11.3 Å². The Labute approximate surface area is 219 Å². The van der Waals surface area contributed by atoms with Crippen LogP contribution in [0.3, 0.4) is 0 Å². The standard InChI is InChI=1S/C29H30N4O3S/c1-29(2,3)21-9-10-22-20(14-21)15-24-27(32-22)37-28(33-24)26(36)31-23(12-13-34)18-6-4-17(5-7-18)19-8-11-25(35)30-16-19/h4-8,11,13,15-16,21,23H,9-10,12,14H2,1-3H3,(H,30,35)(H,31,36)/t21?,23-/m1/s1. The Bertz CT molecular complexity index is 1490. The van der Waals surface area contributed by atoms with Gasteiger partial charge >= 0.3 is 0 Å². The maximum atomic E-state index is 13.2. The summed E-state index contributed by atoms with van der Waals surface area (Å²) in [6, 6.07) is 12.4. The summed E-state index contributed by atoms with van der Waals surface area (Å²) in [5, 5.41) is 3.32. The van der Waals surface area contributed by atoms with Gasteiger partial charge in [-0.25, -0.2) is 9.97 Å². The lowest BCUT2D eigenvalue weighted by Gasteiger charge is -2.34. The lowest BCUT2D eigenvalue weighted by molar-refractivity contribution is -0.108. The maximum absolute atomic E-state index is 13.2. The van der Waals surface area contributed by atoms with E-state index in [2.05, 4.69) is 42.1 Å². The number of hydrogen-bond donors (Lipinski definition) is 2. The number of carbonyl (C=O) groups is 2. The van der Waals surface area contributed by atoms with Gasteiger partial charge in [-0.05, 0) is 65.0 Å². The molecule has 0 bridgehead atoms. The van der Waals surface area contributed by atoms with E-state index >= 15 is 0 Å². The van der Waals surface area contributed by atoms with Crippen molar-refractivity contribution in [3.05, 3.63) is 80.8 Å². The number of H-pyrrole nitrogens is 1. The largest absolute Gasteiger partial charge is 0.343 e. The summed E-state index contributed by atoms with van der Waals surface area (Å²) in [6.07, 6.45) is 5.66. The Morgan fingerprint density at radius 3 is 2.59 bits per heavy atom. The number of aromatic nitrogens is 3. The molecule has 1 aliphatic rings. The molecule has 1 aromatic carbocycles. The van der Waals surface area contributed by atoms with E-state index in [-0.39, 0.29) is 23.3 Å². The number of benzene rings is 1. The minimum atomic E-state index is -0.477. The molecular formula is C29H30N4O3S. The molecule has 5 rings (SSSR count). The molecule has 0 saturated carbocycles. The van der Waals surface area contributed by atoms with Crippen LogP contribution in [0.15, 0.2) is 53.5 Å². The van der Waals surface area contributed by atoms with Crippen molar-refractivity contribution < 1.29 is 9.59 Å². The predicted molar refractivity (Wildman–Crippen MR) is 146 cm³/mol. The number of thiazole rings is 1. The van der Waals surface area contributed by atoms with Crippen LogP contribution in [0.2, 0.25) is 0 Å². The van der Waals surface area contributed by atoms with Gasteiger partial charge in [-0.15, -0.1) is 0 Å². The maximum Gasteiger partial charge on any atom is 0.280 e. The lowest BCUT2D eigenvalue weighted by Crippen LogP contribution is -2.28. The second kappa shape index (κ2) is 10.0. The Balaban J connectivity index is 1.35. The first-order valence-electron chi connectivity index (χ1n) is 12.5. The van der Waals surface area contributed by atoms with Crippen LogP contribution < -0.4 is 10.9 Å². The van der Waals surface area contributed by atoms with Crippen LogP contribution in [0.5, 0.6) is 0 Å². The molecule has 8 heteroatoms. The van der Waals surface area contributed by atoms with Crippen LogP contribution >= 0.6 is 11.3 Å². The van der Waals surface area contributed by atoms with Crippen molar-refractivity contribution >= 4 is 33.9 Å². The second-order valence-electron chi connectivity index (χ2n) is 10.7. The van der Waals surface area contributed by atoms with Gasteiger partial charge in [0.2, 0.25) is 5.56 Å². The van der Waals surface area contributed by atoms with E-state index in [9.17, 15) is 14.4 Å². The van der Waals surface area contributed by atoms with Gasteiger partial charge in [0.15, 0.2) is 5.01 Å². The van der Waals surface area contributed by atoms with Gasteiger partial charge in [-0.2, -0.15) is 0 Å². The number of hydrogen-bond acceptors (Lipinski definition) is 6. The minimum Gasteiger partial charge on any atom is -0.343 e. The molecule has 1 amide bonds. The van der Waals surface area contributed by atoms with Crippen molar-refractivity contribution in [1.29, 1.82) is 0 Å². The van der Waals surface area contributed by atoms with Crippen LogP contribution in [0.4, 0.5) is 0 Å². The molecule has 3 heterocycles. The smallest absolute Gasteiger partial charge is 0.280 e. The first-order chi connectivity index (χ1) is 17.7. The molecule has 0 fully saturated rings. The molecule has 0 radical (unpaired) electrons. The number of aromatic amines is 1. The van der Waals surface area contributed by atoms with E-state index in [0.29, 0.717) is 10.9 Å². The number of aldehydes is 1. The summed E-state index contributed by atoms with van der Waals surface area (Å²) in [5.41, 5.74) is 5.80. The molecule has 0 saturated heterocycles. The number of nitrogens with zero attached hydrogens (tertiary/aromatic N) is 2. The third-order valence-corrected chi connectivity index (χ3v) is 8.20. The van der Waals surface area contributed by atoms with Gasteiger partial charge in [0, 0.05) is 24.4 Å². The molecule has 190 valence electrons. The quantitative estimate of drug-likeness (QED) is 0.342. The normalized spacial score (nSPS) is 16.2. The fourth-order valence-corrected chi connectivity index (χ4v) is 5.79. The van der Waals surface area contributed by atoms with E-state index in [1.54, 1.807) is 12.3 Å². The SMILES string of the molecule is CC(C)(C)C1CCc2nc3sc(C(=O)N[C@H](CC=O)c4ccc(-c5ccc(=O)[nH]c5)cc4)nc3cc2C1. The number of amides is 1. The van der Waals surface area contributed by atoms with Gasteiger partial charge in [0.25, 0.3) is 5.91 Å². The Morgan fingerprint density at radius 2 is 1.92 bits per heavy atom. The third kappa shape index (κ3) is 5.39. The van der Waals surface area contributed by atoms with Crippen molar-refractivity contribution in [2.45, 2.75) is 52.5 Å². The average molecular weight is 515 g/mol. The fraction of sp³-hybridized carbons (Fsp3) is 0.345. The van der Waals surface area contributed by atoms with Gasteiger partial charge < -0.3 is 15.1 Å². The number of aryl methyl sites for hydroxylation is 1. The zero-order valence-electron chi connectivity index (χ0n) is 21.2. The van der Waals surface area contributed by atoms with Gasteiger partial charge in [0.1, 0.15) is 16.6 Å². The lowest BCUT2D eigenvalue weighted by atomic mass is 9.71. The second-order valence-corrected chi connectivity index (χ2v) is 11.7. The monoisotopic (exact) mass is 514 g/mol. The fourth-order valence-electron chi connectivity index (χ4n) is 4.94. The highest BCUT2D eigenvalue weighted by Gasteiger charge is 2.30. The van der Waals surface area contributed by atoms with Crippen LogP contribution in [-0.4, -0.2) is 27.1 Å². The molecular weight excluding hydrogens is 484 g/mol. The zero-order chi connectivity index (χ0) is 26.2. The molecule has 2 N–H and O–H groups in total. The highest BCUT2D eigenvalue weighted by Crippen LogP contribution is 2.38. The Hall–Kier alpha value is -3.65. The molecule has 2 atom stereocenters. The van der Waals surface area contributed by atoms with Gasteiger partial charge in [-0.3, -0.25) is 9.59 Å². The summed E-state index contributed by atoms with van der Waals surface area (Å²) in [6.45, 7) is 6.85. The van der Waals surface area contributed by atoms with E-state index < -0.39 is 6.04 Å². The summed E-state index contributed by atoms with van der Waals surface area (Å²) >= 11 is 1.29. The van der Waals surface area contributed by atoms with E-state index in [0.717, 1.165) is 58.3 Å². The minimum absolute atomic E-state index is 0.148. The summed E-state index contributed by atoms with van der Waals surface area (Å²) in [4.78, 5) is 48.8. The molecule has 1 unspecified atom stereocenters. The summed E-state index contributed by atoms with van der Waals surface area (Å²) < 4.78 is 0. The Morgan fingerprint density at radius 1 is 1.16 bits per heavy atom. The third-order valence-electron chi connectivity index (χ3n) is 7.24. The highest BCUT2D eigenvalue weighted by molar-refractivity contribution is 7.19. The highest BCUT2D eigenvalue weighted by atomic mass is 32.1. The summed E-state index contributed by atoms with van der Waals surface area (Å²) in [7, 11) is 0. The molecule has 4 aromatic rings. The topological polar surface area (TPSA) is 105 Å². The number of pyridine rings is 2. The van der Waals surface area contributed by atoms with E-state index in [1.807, 2.05) is 24.3 Å². The van der Waals surface area contributed by atoms with Crippen LogP contribution in [-0.2, 0) is 17.6 Å². The van der Waals surface area contributed by atoms with Crippen molar-refractivity contribution in [2.75, 3.05) is 0 Å². The van der Waals surface area contributed by atoms with Crippen LogP contribution in [0.25, 0.3) is 21.5 Å². The van der Waals surface area contributed by atoms with Crippen molar-refractivity contribution in [2.24, 2.45) is 11.3 Å².